The molecule has 0 amide bonds. The van der Waals surface area contributed by atoms with Crippen LogP contribution in [0.25, 0.3) is 0 Å². The lowest BCUT2D eigenvalue weighted by molar-refractivity contribution is 0.140. The number of methoxy groups -OCH3 is 1. The molecule has 0 saturated carbocycles. The van der Waals surface area contributed by atoms with Crippen LogP contribution in [0.1, 0.15) is 17.9 Å². The van der Waals surface area contributed by atoms with Gasteiger partial charge in [-0.2, -0.15) is 5.26 Å². The first-order valence-corrected chi connectivity index (χ1v) is 5.40. The Kier molecular flexibility index (Phi) is 5.62. The van der Waals surface area contributed by atoms with Crippen molar-refractivity contribution < 1.29 is 9.15 Å². The Bertz CT molecular complexity index is 341. The molecule has 0 aliphatic carbocycles. The fourth-order valence-corrected chi connectivity index (χ4v) is 1.49. The van der Waals surface area contributed by atoms with Gasteiger partial charge < -0.3 is 9.15 Å². The first-order valence-electron chi connectivity index (χ1n) is 5.40. The molecule has 0 aliphatic rings. The zero-order valence-electron chi connectivity index (χ0n) is 9.90. The first-order chi connectivity index (χ1) is 7.76. The number of furan rings is 1. The van der Waals surface area contributed by atoms with E-state index in [-0.39, 0.29) is 0 Å². The summed E-state index contributed by atoms with van der Waals surface area (Å²) in [6, 6.07) is 6.08. The molecule has 0 N–H and O–H groups in total. The summed E-state index contributed by atoms with van der Waals surface area (Å²) in [7, 11) is 1.68. The van der Waals surface area contributed by atoms with Crippen molar-refractivity contribution in [1.82, 2.24) is 4.90 Å². The molecular weight excluding hydrogens is 204 g/mol. The van der Waals surface area contributed by atoms with Gasteiger partial charge in [0.2, 0.25) is 0 Å². The van der Waals surface area contributed by atoms with Crippen LogP contribution < -0.4 is 0 Å². The molecule has 1 rings (SSSR count). The minimum atomic E-state index is 0.531. The third-order valence-corrected chi connectivity index (χ3v) is 2.33. The van der Waals surface area contributed by atoms with E-state index in [1.807, 2.05) is 19.1 Å². The van der Waals surface area contributed by atoms with Crippen LogP contribution in [0.5, 0.6) is 0 Å². The Labute approximate surface area is 96.4 Å². The van der Waals surface area contributed by atoms with Gasteiger partial charge in [0.15, 0.2) is 0 Å². The van der Waals surface area contributed by atoms with Crippen LogP contribution in [0, 0.1) is 18.3 Å². The number of nitrogens with zero attached hydrogens (tertiary/aromatic N) is 2. The van der Waals surface area contributed by atoms with Gasteiger partial charge in [0.05, 0.1) is 19.2 Å². The zero-order valence-corrected chi connectivity index (χ0v) is 9.90. The lowest BCUT2D eigenvalue weighted by Crippen LogP contribution is -2.27. The van der Waals surface area contributed by atoms with Crippen LogP contribution in [0.15, 0.2) is 16.5 Å². The molecule has 0 aliphatic heterocycles. The Hall–Kier alpha value is -1.31. The summed E-state index contributed by atoms with van der Waals surface area (Å²) in [5.74, 6) is 1.86. The second-order valence-electron chi connectivity index (χ2n) is 3.69. The van der Waals surface area contributed by atoms with Gasteiger partial charge in [-0.1, -0.05) is 0 Å². The van der Waals surface area contributed by atoms with Gasteiger partial charge in [0.1, 0.15) is 11.5 Å². The van der Waals surface area contributed by atoms with E-state index in [0.29, 0.717) is 13.0 Å². The van der Waals surface area contributed by atoms with Gasteiger partial charge in [-0.15, -0.1) is 0 Å². The zero-order chi connectivity index (χ0) is 11.8. The van der Waals surface area contributed by atoms with E-state index in [4.69, 9.17) is 14.4 Å². The van der Waals surface area contributed by atoms with Gasteiger partial charge in [0, 0.05) is 26.6 Å². The van der Waals surface area contributed by atoms with Crippen LogP contribution in [0.3, 0.4) is 0 Å². The Morgan fingerprint density at radius 2 is 2.25 bits per heavy atom. The summed E-state index contributed by atoms with van der Waals surface area (Å²) in [4.78, 5) is 2.16. The third kappa shape index (κ3) is 4.47. The largest absolute Gasteiger partial charge is 0.465 e. The molecule has 1 aromatic heterocycles. The van der Waals surface area contributed by atoms with E-state index < -0.39 is 0 Å². The normalized spacial score (nSPS) is 10.6. The first kappa shape index (κ1) is 12.8. The highest BCUT2D eigenvalue weighted by Gasteiger charge is 2.07. The quantitative estimate of drug-likeness (QED) is 0.707. The highest BCUT2D eigenvalue weighted by molar-refractivity contribution is 5.05. The van der Waals surface area contributed by atoms with E-state index >= 15 is 0 Å². The molecule has 16 heavy (non-hydrogen) atoms. The van der Waals surface area contributed by atoms with Crippen molar-refractivity contribution in [3.8, 4) is 6.07 Å². The monoisotopic (exact) mass is 222 g/mol. The minimum absolute atomic E-state index is 0.531. The number of ether oxygens (including phenoxy) is 1. The molecule has 0 radical (unpaired) electrons. The molecule has 1 aromatic rings. The third-order valence-electron chi connectivity index (χ3n) is 2.33. The number of nitriles is 1. The van der Waals surface area contributed by atoms with E-state index in [0.717, 1.165) is 31.2 Å². The maximum atomic E-state index is 8.58. The van der Waals surface area contributed by atoms with Crippen molar-refractivity contribution in [2.24, 2.45) is 0 Å². The maximum absolute atomic E-state index is 8.58. The molecule has 4 nitrogen and oxygen atoms in total. The van der Waals surface area contributed by atoms with Crippen LogP contribution >= 0.6 is 0 Å². The number of hydrogen-bond acceptors (Lipinski definition) is 4. The molecule has 0 unspecified atom stereocenters. The predicted molar refractivity (Wildman–Crippen MR) is 60.8 cm³/mol. The van der Waals surface area contributed by atoms with Gasteiger partial charge in [-0.3, -0.25) is 4.90 Å². The summed E-state index contributed by atoms with van der Waals surface area (Å²) in [5, 5.41) is 8.58. The van der Waals surface area contributed by atoms with Crippen molar-refractivity contribution in [3.05, 3.63) is 23.7 Å². The van der Waals surface area contributed by atoms with Crippen LogP contribution in [0.2, 0.25) is 0 Å². The van der Waals surface area contributed by atoms with Gasteiger partial charge >= 0.3 is 0 Å². The molecule has 1 heterocycles. The molecule has 0 fully saturated rings. The second kappa shape index (κ2) is 7.04. The van der Waals surface area contributed by atoms with Crippen molar-refractivity contribution >= 4 is 0 Å². The molecule has 0 aromatic carbocycles. The van der Waals surface area contributed by atoms with Crippen LogP contribution in [-0.2, 0) is 11.3 Å². The van der Waals surface area contributed by atoms with Gasteiger partial charge in [-0.25, -0.2) is 0 Å². The summed E-state index contributed by atoms with van der Waals surface area (Å²) in [6.45, 7) is 4.90. The predicted octanol–water partition coefficient (Wildman–Crippen LogP) is 1.95. The fraction of sp³-hybridized carbons (Fsp3) is 0.583. The van der Waals surface area contributed by atoms with Gasteiger partial charge in [-0.05, 0) is 19.1 Å². The summed E-state index contributed by atoms with van der Waals surface area (Å²) in [6.07, 6.45) is 0.531. The highest BCUT2D eigenvalue weighted by Crippen LogP contribution is 2.09. The smallest absolute Gasteiger partial charge is 0.118 e. The van der Waals surface area contributed by atoms with Crippen molar-refractivity contribution in [1.29, 1.82) is 5.26 Å². The molecule has 0 bridgehead atoms. The van der Waals surface area contributed by atoms with Gasteiger partial charge in [0.25, 0.3) is 0 Å². The standard InChI is InChI=1S/C12H18N2O2/c1-11-4-5-12(16-11)10-14(7-3-6-13)8-9-15-2/h4-5H,3,7-10H2,1-2H3. The van der Waals surface area contributed by atoms with Crippen LogP contribution in [0.4, 0.5) is 0 Å². The Morgan fingerprint density at radius 3 is 2.81 bits per heavy atom. The average molecular weight is 222 g/mol. The number of rotatable bonds is 7. The van der Waals surface area contributed by atoms with E-state index in [2.05, 4.69) is 11.0 Å². The second-order valence-corrected chi connectivity index (χ2v) is 3.69. The molecular formula is C12H18N2O2. The molecule has 88 valence electrons. The van der Waals surface area contributed by atoms with E-state index in [1.54, 1.807) is 7.11 Å². The summed E-state index contributed by atoms with van der Waals surface area (Å²) < 4.78 is 10.5. The minimum Gasteiger partial charge on any atom is -0.465 e. The lowest BCUT2D eigenvalue weighted by atomic mass is 10.3. The molecule has 0 saturated heterocycles. The average Bonchev–Trinajstić information content (AvgIpc) is 2.68. The van der Waals surface area contributed by atoms with Crippen LogP contribution in [-0.4, -0.2) is 31.7 Å². The lowest BCUT2D eigenvalue weighted by Gasteiger charge is -2.19. The van der Waals surface area contributed by atoms with Crippen molar-refractivity contribution in [3.63, 3.8) is 0 Å². The topological polar surface area (TPSA) is 49.4 Å². The Morgan fingerprint density at radius 1 is 1.44 bits per heavy atom. The molecule has 0 atom stereocenters. The Balaban J connectivity index is 2.45. The van der Waals surface area contributed by atoms with E-state index in [1.165, 1.54) is 0 Å². The summed E-state index contributed by atoms with van der Waals surface area (Å²) in [5.41, 5.74) is 0. The fourth-order valence-electron chi connectivity index (χ4n) is 1.49. The van der Waals surface area contributed by atoms with Crippen molar-refractivity contribution in [2.75, 3.05) is 26.8 Å². The highest BCUT2D eigenvalue weighted by atomic mass is 16.5. The molecule has 4 heteroatoms. The van der Waals surface area contributed by atoms with E-state index in [9.17, 15) is 0 Å². The SMILES string of the molecule is COCCN(CCC#N)Cc1ccc(C)o1. The van der Waals surface area contributed by atoms with Crippen molar-refractivity contribution in [2.45, 2.75) is 19.9 Å². The summed E-state index contributed by atoms with van der Waals surface area (Å²) >= 11 is 0. The number of hydrogen-bond donors (Lipinski definition) is 0. The number of aryl methyl sites for hydroxylation is 1. The molecule has 0 spiro atoms. The maximum Gasteiger partial charge on any atom is 0.118 e.